The summed E-state index contributed by atoms with van der Waals surface area (Å²) in [7, 11) is -9.73. The fraction of sp³-hybridized carbons (Fsp3) is 0.455. The number of benzene rings is 2. The van der Waals surface area contributed by atoms with E-state index in [2.05, 4.69) is 10.6 Å². The van der Waals surface area contributed by atoms with E-state index in [0.29, 0.717) is 5.56 Å². The van der Waals surface area contributed by atoms with Crippen molar-refractivity contribution in [2.24, 2.45) is 0 Å². The minimum Gasteiger partial charge on any atom is -0.811 e. The van der Waals surface area contributed by atoms with Gasteiger partial charge in [-0.1, -0.05) is 75.9 Å². The van der Waals surface area contributed by atoms with Crippen LogP contribution < -0.4 is 30.2 Å². The van der Waals surface area contributed by atoms with Crippen molar-refractivity contribution >= 4 is 15.2 Å². The van der Waals surface area contributed by atoms with E-state index in [9.17, 15) is 28.7 Å². The van der Waals surface area contributed by atoms with Crippen molar-refractivity contribution < 1.29 is 28.7 Å². The summed E-state index contributed by atoms with van der Waals surface area (Å²) in [4.78, 5) is 46.4. The van der Waals surface area contributed by atoms with E-state index >= 15 is 0 Å². The van der Waals surface area contributed by atoms with Crippen LogP contribution in [-0.4, -0.2) is 23.4 Å². The van der Waals surface area contributed by atoms with Crippen molar-refractivity contribution in [3.05, 3.63) is 71.8 Å². The molecule has 0 aliphatic carbocycles. The number of rotatable bonds is 11. The highest BCUT2D eigenvalue weighted by molar-refractivity contribution is 7.49. The van der Waals surface area contributed by atoms with Gasteiger partial charge in [-0.15, -0.1) is 0 Å². The van der Waals surface area contributed by atoms with Crippen LogP contribution in [0.1, 0.15) is 38.8 Å². The van der Waals surface area contributed by atoms with Gasteiger partial charge in [-0.25, -0.2) is 0 Å². The van der Waals surface area contributed by atoms with Gasteiger partial charge in [0.05, 0.1) is 5.66 Å². The Labute approximate surface area is 189 Å². The first-order valence-electron chi connectivity index (χ1n) is 10.2. The maximum Gasteiger partial charge on any atom is 0.0999 e. The first-order chi connectivity index (χ1) is 14.5. The average Bonchev–Trinajstić information content (AvgIpc) is 2.58. The smallest absolute Gasteiger partial charge is 0.0999 e. The second-order valence-electron chi connectivity index (χ2n) is 9.49. The molecule has 8 nitrogen and oxygen atoms in total. The van der Waals surface area contributed by atoms with E-state index in [1.165, 1.54) is 0 Å². The molecule has 0 atom stereocenters. The summed E-state index contributed by atoms with van der Waals surface area (Å²) < 4.78 is 23.2. The minimum atomic E-state index is -4.87. The van der Waals surface area contributed by atoms with Gasteiger partial charge in [0.1, 0.15) is 0 Å². The van der Waals surface area contributed by atoms with Crippen LogP contribution in [0.25, 0.3) is 0 Å². The molecule has 0 heterocycles. The summed E-state index contributed by atoms with van der Waals surface area (Å²) in [6.45, 7) is 6.38. The monoisotopic (exact) mass is 480 g/mol. The van der Waals surface area contributed by atoms with Crippen LogP contribution in [0.5, 0.6) is 0 Å². The third-order valence-electron chi connectivity index (χ3n) is 4.86. The van der Waals surface area contributed by atoms with Gasteiger partial charge in [-0.3, -0.25) is 10.6 Å². The van der Waals surface area contributed by atoms with E-state index in [4.69, 9.17) is 0 Å². The maximum atomic E-state index is 11.6. The Morgan fingerprint density at radius 1 is 0.688 bits per heavy atom. The van der Waals surface area contributed by atoms with Crippen molar-refractivity contribution in [3.8, 4) is 0 Å². The number of nitrogens with one attached hydrogen (secondary N) is 2. The molecule has 2 aromatic rings. The molecule has 178 valence electrons. The molecule has 0 saturated carbocycles. The zero-order valence-electron chi connectivity index (χ0n) is 18.7. The fourth-order valence-electron chi connectivity index (χ4n) is 4.19. The molecule has 0 saturated heterocycles. The summed E-state index contributed by atoms with van der Waals surface area (Å²) in [5.41, 5.74) is -1.97. The van der Waals surface area contributed by atoms with E-state index in [-0.39, 0.29) is 6.42 Å². The molecule has 2 N–H and O–H groups in total. The normalized spacial score (nSPS) is 13.9. The van der Waals surface area contributed by atoms with Crippen LogP contribution in [0.3, 0.4) is 0 Å². The predicted molar refractivity (Wildman–Crippen MR) is 118 cm³/mol. The Morgan fingerprint density at radius 3 is 1.44 bits per heavy atom. The lowest BCUT2D eigenvalue weighted by Gasteiger charge is -2.51. The van der Waals surface area contributed by atoms with Crippen molar-refractivity contribution in [3.63, 3.8) is 0 Å². The first-order valence-corrected chi connectivity index (χ1v) is 13.7. The van der Waals surface area contributed by atoms with Crippen molar-refractivity contribution in [2.45, 2.75) is 50.9 Å². The zero-order chi connectivity index (χ0) is 24.3. The molecule has 0 bridgehead atoms. The second-order valence-corrected chi connectivity index (χ2v) is 12.6. The molecular formula is C22H30N2O6P2-4. The lowest BCUT2D eigenvalue weighted by atomic mass is 9.86. The average molecular weight is 480 g/mol. The van der Waals surface area contributed by atoms with Gasteiger partial charge >= 0.3 is 0 Å². The van der Waals surface area contributed by atoms with Crippen LogP contribution >= 0.6 is 15.2 Å². The predicted octanol–water partition coefficient (Wildman–Crippen LogP) is 0.646. The van der Waals surface area contributed by atoms with Crippen molar-refractivity contribution in [1.82, 2.24) is 10.6 Å². The van der Waals surface area contributed by atoms with Gasteiger partial charge in [-0.05, 0) is 51.1 Å². The van der Waals surface area contributed by atoms with E-state index < -0.39 is 44.3 Å². The van der Waals surface area contributed by atoms with E-state index in [1.54, 1.807) is 39.8 Å². The Hall–Kier alpha value is -1.34. The molecule has 0 aliphatic rings. The van der Waals surface area contributed by atoms with Gasteiger partial charge in [-0.2, -0.15) is 0 Å². The third-order valence-corrected chi connectivity index (χ3v) is 7.22. The van der Waals surface area contributed by atoms with Crippen LogP contribution in [-0.2, 0) is 21.2 Å². The van der Waals surface area contributed by atoms with Crippen LogP contribution in [0.15, 0.2) is 60.7 Å². The molecule has 2 rings (SSSR count). The SMILES string of the molecule is CC(C)(CP(=O)([O-])[O-])NC(Cc1ccccc1)(NC(C)(C)CP(=O)([O-])[O-])c1ccccc1. The lowest BCUT2D eigenvalue weighted by molar-refractivity contribution is -0.316. The second kappa shape index (κ2) is 9.88. The first kappa shape index (κ1) is 26.9. The number of hydrogen-bond donors (Lipinski definition) is 2. The zero-order valence-corrected chi connectivity index (χ0v) is 20.5. The highest BCUT2D eigenvalue weighted by Crippen LogP contribution is 2.36. The molecule has 2 aromatic carbocycles. The third kappa shape index (κ3) is 8.89. The summed E-state index contributed by atoms with van der Waals surface area (Å²) in [6.07, 6.45) is -1.03. The Bertz CT molecular complexity index is 932. The van der Waals surface area contributed by atoms with Crippen LogP contribution in [0, 0.1) is 0 Å². The largest absolute Gasteiger partial charge is 0.811 e. The molecule has 0 aromatic heterocycles. The van der Waals surface area contributed by atoms with Gasteiger partial charge in [0.15, 0.2) is 0 Å². The maximum absolute atomic E-state index is 11.6. The molecule has 0 spiro atoms. The Morgan fingerprint density at radius 2 is 1.06 bits per heavy atom. The standard InChI is InChI=1S/C22H34N2O6P2/c1-20(2,16-31(25,26)27)23-22(19-13-9-6-10-14-19,15-18-11-7-5-8-12-18)24-21(3,4)17-32(28,29)30/h5-14,23-24H,15-17H2,1-4H3,(H2,25,26,27)(H2,28,29,30)/p-4. The lowest BCUT2D eigenvalue weighted by Crippen LogP contribution is -2.68. The Balaban J connectivity index is 2.63. The molecule has 0 amide bonds. The van der Waals surface area contributed by atoms with Gasteiger partial charge in [0, 0.05) is 17.5 Å². The van der Waals surface area contributed by atoms with Crippen LogP contribution in [0.2, 0.25) is 0 Å². The van der Waals surface area contributed by atoms with Gasteiger partial charge in [0.25, 0.3) is 0 Å². The molecule has 0 unspecified atom stereocenters. The van der Waals surface area contributed by atoms with Gasteiger partial charge < -0.3 is 28.7 Å². The van der Waals surface area contributed by atoms with Gasteiger partial charge in [0.2, 0.25) is 0 Å². The van der Waals surface area contributed by atoms with E-state index in [1.807, 2.05) is 48.5 Å². The molecule has 32 heavy (non-hydrogen) atoms. The Kier molecular flexibility index (Phi) is 8.31. The fourth-order valence-corrected chi connectivity index (χ4v) is 6.29. The molecular weight excluding hydrogens is 450 g/mol. The molecule has 0 aliphatic heterocycles. The van der Waals surface area contributed by atoms with Crippen molar-refractivity contribution in [2.75, 3.05) is 12.3 Å². The minimum absolute atomic E-state index is 0.286. The topological polar surface area (TPSA) is 150 Å². The summed E-state index contributed by atoms with van der Waals surface area (Å²) >= 11 is 0. The molecule has 0 radical (unpaired) electrons. The molecule has 0 fully saturated rings. The number of hydrogen-bond acceptors (Lipinski definition) is 8. The highest BCUT2D eigenvalue weighted by Gasteiger charge is 2.41. The summed E-state index contributed by atoms with van der Waals surface area (Å²) in [6, 6.07) is 18.4. The van der Waals surface area contributed by atoms with Crippen molar-refractivity contribution in [1.29, 1.82) is 0 Å². The van der Waals surface area contributed by atoms with E-state index in [0.717, 1.165) is 5.56 Å². The quantitative estimate of drug-likeness (QED) is 0.351. The molecule has 10 heteroatoms. The summed E-state index contributed by atoms with van der Waals surface area (Å²) in [5.74, 6) is 0. The van der Waals surface area contributed by atoms with Crippen LogP contribution in [0.4, 0.5) is 0 Å². The summed E-state index contributed by atoms with van der Waals surface area (Å²) in [5, 5.41) is 6.59. The highest BCUT2D eigenvalue weighted by atomic mass is 31.2.